The van der Waals surface area contributed by atoms with Crippen LogP contribution in [0.25, 0.3) is 0 Å². The van der Waals surface area contributed by atoms with Crippen LogP contribution in [0.2, 0.25) is 0 Å². The minimum Gasteiger partial charge on any atom is -0.205 e. The monoisotopic (exact) mass is 482 g/mol. The van der Waals surface area contributed by atoms with Gasteiger partial charge in [0.25, 0.3) is 0 Å². The average molecular weight is 483 g/mol. The number of hydrogen-bond acceptors (Lipinski definition) is 0. The Kier molecular flexibility index (Phi) is 11.3. The molecular formula is C34H36F2. The number of benzene rings is 3. The van der Waals surface area contributed by atoms with Crippen LogP contribution >= 0.6 is 0 Å². The molecule has 0 aromatic heterocycles. The topological polar surface area (TPSA) is 0 Å². The maximum Gasteiger partial charge on any atom is 0.143 e. The van der Waals surface area contributed by atoms with Crippen molar-refractivity contribution in [2.75, 3.05) is 0 Å². The van der Waals surface area contributed by atoms with Crippen LogP contribution in [0.5, 0.6) is 0 Å². The second-order valence-electron chi connectivity index (χ2n) is 9.33. The Morgan fingerprint density at radius 1 is 0.500 bits per heavy atom. The van der Waals surface area contributed by atoms with E-state index in [1.807, 2.05) is 36.4 Å². The van der Waals surface area contributed by atoms with Gasteiger partial charge in [0.2, 0.25) is 0 Å². The molecule has 0 spiro atoms. The van der Waals surface area contributed by atoms with E-state index in [2.05, 4.69) is 49.7 Å². The van der Waals surface area contributed by atoms with Gasteiger partial charge in [-0.3, -0.25) is 0 Å². The zero-order valence-electron chi connectivity index (χ0n) is 21.6. The van der Waals surface area contributed by atoms with Crippen LogP contribution in [0.3, 0.4) is 0 Å². The molecule has 0 aliphatic heterocycles. The first-order valence-electron chi connectivity index (χ1n) is 13.3. The van der Waals surface area contributed by atoms with Gasteiger partial charge in [-0.2, -0.15) is 0 Å². The Bertz CT molecular complexity index is 1190. The molecule has 36 heavy (non-hydrogen) atoms. The van der Waals surface area contributed by atoms with E-state index in [1.165, 1.54) is 61.8 Å². The molecule has 0 N–H and O–H groups in total. The van der Waals surface area contributed by atoms with Crippen molar-refractivity contribution in [3.63, 3.8) is 0 Å². The number of hydrogen-bond donors (Lipinski definition) is 0. The largest absolute Gasteiger partial charge is 0.205 e. The fourth-order valence-electron chi connectivity index (χ4n) is 4.04. The maximum absolute atomic E-state index is 14.6. The van der Waals surface area contributed by atoms with Crippen molar-refractivity contribution in [3.8, 4) is 23.7 Å². The molecule has 0 radical (unpaired) electrons. The number of unbranched alkanes of at least 4 members (excludes halogenated alkanes) is 6. The minimum absolute atomic E-state index is 0.227. The van der Waals surface area contributed by atoms with Gasteiger partial charge in [0.05, 0.1) is 5.56 Å². The van der Waals surface area contributed by atoms with E-state index < -0.39 is 11.6 Å². The fraction of sp³-hybridized carbons (Fsp3) is 0.353. The van der Waals surface area contributed by atoms with Crippen molar-refractivity contribution in [2.45, 2.75) is 78.1 Å². The third-order valence-corrected chi connectivity index (χ3v) is 6.27. The molecule has 0 nitrogen and oxygen atoms in total. The normalized spacial score (nSPS) is 10.3. The van der Waals surface area contributed by atoms with E-state index in [9.17, 15) is 8.78 Å². The number of rotatable bonds is 10. The van der Waals surface area contributed by atoms with Crippen LogP contribution in [-0.2, 0) is 12.8 Å². The van der Waals surface area contributed by atoms with E-state index >= 15 is 0 Å². The molecule has 3 aromatic rings. The lowest BCUT2D eigenvalue weighted by Gasteiger charge is -2.02. The minimum atomic E-state index is -0.694. The standard InChI is InChI=1S/C34H36F2/c1-3-5-7-8-9-10-12-28-15-17-29(18-16-28)21-22-31-25-33(35)32(34(36)26-31)24-23-30-19-13-27(14-20-30)11-6-4-2/h13-20,25-26H,3-12H2,1-2H3. The zero-order chi connectivity index (χ0) is 25.6. The Morgan fingerprint density at radius 3 is 1.50 bits per heavy atom. The predicted octanol–water partition coefficient (Wildman–Crippen LogP) is 9.01. The summed E-state index contributed by atoms with van der Waals surface area (Å²) in [4.78, 5) is 0. The molecule has 0 saturated carbocycles. The number of halogens is 2. The molecule has 0 amide bonds. The van der Waals surface area contributed by atoms with Crippen LogP contribution in [0.4, 0.5) is 8.78 Å². The second-order valence-corrected chi connectivity index (χ2v) is 9.33. The van der Waals surface area contributed by atoms with E-state index in [0.29, 0.717) is 5.56 Å². The van der Waals surface area contributed by atoms with E-state index in [4.69, 9.17) is 0 Å². The molecule has 0 saturated heterocycles. The van der Waals surface area contributed by atoms with Gasteiger partial charge in [-0.15, -0.1) is 0 Å². The van der Waals surface area contributed by atoms with Gasteiger partial charge < -0.3 is 0 Å². The van der Waals surface area contributed by atoms with Crippen LogP contribution in [0.1, 0.15) is 98.6 Å². The third-order valence-electron chi connectivity index (χ3n) is 6.27. The first kappa shape index (κ1) is 27.2. The molecule has 0 atom stereocenters. The van der Waals surface area contributed by atoms with Gasteiger partial charge in [0.15, 0.2) is 0 Å². The summed E-state index contributed by atoms with van der Waals surface area (Å²) >= 11 is 0. The molecule has 186 valence electrons. The van der Waals surface area contributed by atoms with E-state index in [-0.39, 0.29) is 5.56 Å². The number of aryl methyl sites for hydroxylation is 2. The molecule has 0 aliphatic rings. The molecule has 3 rings (SSSR count). The molecule has 0 heterocycles. The van der Waals surface area contributed by atoms with Gasteiger partial charge in [-0.1, -0.05) is 100 Å². The lowest BCUT2D eigenvalue weighted by molar-refractivity contribution is 0.577. The van der Waals surface area contributed by atoms with Crippen molar-refractivity contribution in [1.29, 1.82) is 0 Å². The Labute approximate surface area is 216 Å². The van der Waals surface area contributed by atoms with Gasteiger partial charge in [0, 0.05) is 16.7 Å². The van der Waals surface area contributed by atoms with Gasteiger partial charge in [-0.05, 0) is 73.2 Å². The first-order valence-corrected chi connectivity index (χ1v) is 13.3. The van der Waals surface area contributed by atoms with Crippen molar-refractivity contribution in [3.05, 3.63) is 106 Å². The summed E-state index contributed by atoms with van der Waals surface area (Å²) in [5, 5.41) is 0. The van der Waals surface area contributed by atoms with Gasteiger partial charge in [-0.25, -0.2) is 8.78 Å². The summed E-state index contributed by atoms with van der Waals surface area (Å²) in [6.45, 7) is 4.39. The second kappa shape index (κ2) is 14.9. The van der Waals surface area contributed by atoms with E-state index in [1.54, 1.807) is 0 Å². The highest BCUT2D eigenvalue weighted by atomic mass is 19.1. The lowest BCUT2D eigenvalue weighted by atomic mass is 10.0. The van der Waals surface area contributed by atoms with Crippen molar-refractivity contribution < 1.29 is 8.78 Å². The quantitative estimate of drug-likeness (QED) is 0.200. The molecule has 0 unspecified atom stereocenters. The van der Waals surface area contributed by atoms with Gasteiger partial charge >= 0.3 is 0 Å². The van der Waals surface area contributed by atoms with Crippen LogP contribution < -0.4 is 0 Å². The smallest absolute Gasteiger partial charge is 0.143 e. The van der Waals surface area contributed by atoms with Crippen molar-refractivity contribution in [2.24, 2.45) is 0 Å². The summed E-state index contributed by atoms with van der Waals surface area (Å²) in [7, 11) is 0. The summed E-state index contributed by atoms with van der Waals surface area (Å²) in [6, 6.07) is 18.5. The third kappa shape index (κ3) is 9.02. The van der Waals surface area contributed by atoms with Crippen LogP contribution in [0.15, 0.2) is 60.7 Å². The lowest BCUT2D eigenvalue weighted by Crippen LogP contribution is -1.93. The van der Waals surface area contributed by atoms with Crippen molar-refractivity contribution in [1.82, 2.24) is 0 Å². The SMILES string of the molecule is CCCCCCCCc1ccc(C#Cc2cc(F)c(C#Cc3ccc(CCCC)cc3)c(F)c2)cc1. The van der Waals surface area contributed by atoms with Crippen LogP contribution in [-0.4, -0.2) is 0 Å². The molecule has 3 aromatic carbocycles. The molecular weight excluding hydrogens is 446 g/mol. The molecule has 0 fully saturated rings. The fourth-order valence-corrected chi connectivity index (χ4v) is 4.04. The zero-order valence-corrected chi connectivity index (χ0v) is 21.6. The Hall–Kier alpha value is -3.36. The first-order chi connectivity index (χ1) is 17.6. The molecule has 0 bridgehead atoms. The maximum atomic E-state index is 14.6. The highest BCUT2D eigenvalue weighted by Gasteiger charge is 2.08. The Balaban J connectivity index is 1.60. The van der Waals surface area contributed by atoms with Gasteiger partial charge in [0.1, 0.15) is 11.6 Å². The summed E-state index contributed by atoms with van der Waals surface area (Å²) in [6.07, 6.45) is 12.1. The predicted molar refractivity (Wildman–Crippen MR) is 147 cm³/mol. The average Bonchev–Trinajstić information content (AvgIpc) is 2.89. The highest BCUT2D eigenvalue weighted by molar-refractivity contribution is 5.49. The summed E-state index contributed by atoms with van der Waals surface area (Å²) in [5.74, 6) is 10.0. The molecule has 2 heteroatoms. The van der Waals surface area contributed by atoms with E-state index in [0.717, 1.165) is 36.8 Å². The molecule has 0 aliphatic carbocycles. The Morgan fingerprint density at radius 2 is 0.944 bits per heavy atom. The van der Waals surface area contributed by atoms with Crippen LogP contribution in [0, 0.1) is 35.3 Å². The summed E-state index contributed by atoms with van der Waals surface area (Å²) in [5.41, 5.74) is 4.18. The summed E-state index contributed by atoms with van der Waals surface area (Å²) < 4.78 is 29.2. The highest BCUT2D eigenvalue weighted by Crippen LogP contribution is 2.16. The van der Waals surface area contributed by atoms with Crippen molar-refractivity contribution >= 4 is 0 Å².